The summed E-state index contributed by atoms with van der Waals surface area (Å²) < 4.78 is 40.3. The first-order valence-electron chi connectivity index (χ1n) is 5.62. The summed E-state index contributed by atoms with van der Waals surface area (Å²) in [6.45, 7) is 3.69. The van der Waals surface area contributed by atoms with Crippen LogP contribution < -0.4 is 10.5 Å². The van der Waals surface area contributed by atoms with Gasteiger partial charge in [0.2, 0.25) is 10.0 Å². The van der Waals surface area contributed by atoms with Crippen LogP contribution in [-0.2, 0) is 10.0 Å². The van der Waals surface area contributed by atoms with Crippen LogP contribution in [0.4, 0.5) is 10.1 Å². The lowest BCUT2D eigenvalue weighted by molar-refractivity contribution is 0.551. The zero-order chi connectivity index (χ0) is 14.6. The molecule has 0 bridgehead atoms. The highest BCUT2D eigenvalue weighted by molar-refractivity contribution is 7.99. The number of benzene rings is 1. The number of hydrogen-bond acceptors (Lipinski definition) is 4. The largest absolute Gasteiger partial charge is 0.396 e. The monoisotopic (exact) mass is 326 g/mol. The Balaban J connectivity index is 3.01. The lowest BCUT2D eigenvalue weighted by atomic mass is 10.3. The summed E-state index contributed by atoms with van der Waals surface area (Å²) in [5.41, 5.74) is 5.08. The second-order valence-electron chi connectivity index (χ2n) is 3.99. The van der Waals surface area contributed by atoms with E-state index in [2.05, 4.69) is 4.72 Å². The number of nitrogens with one attached hydrogen (secondary N) is 1. The minimum absolute atomic E-state index is 0.0786. The molecule has 0 aliphatic heterocycles. The van der Waals surface area contributed by atoms with Crippen LogP contribution in [0.15, 0.2) is 17.0 Å². The van der Waals surface area contributed by atoms with Gasteiger partial charge in [0, 0.05) is 16.8 Å². The third kappa shape index (κ3) is 4.52. The van der Waals surface area contributed by atoms with Gasteiger partial charge in [-0.2, -0.15) is 11.8 Å². The van der Waals surface area contributed by atoms with Crippen LogP contribution in [0.3, 0.4) is 0 Å². The van der Waals surface area contributed by atoms with Crippen molar-refractivity contribution in [2.24, 2.45) is 0 Å². The van der Waals surface area contributed by atoms with E-state index in [-0.39, 0.29) is 16.8 Å². The SMILES string of the molecule is CCSCC(C)NS(=O)(=O)c1cc(Cl)cc(N)c1F. The Kier molecular flexibility index (Phi) is 5.91. The number of thioether (sulfide) groups is 1. The van der Waals surface area contributed by atoms with E-state index >= 15 is 0 Å². The van der Waals surface area contributed by atoms with Gasteiger partial charge < -0.3 is 5.73 Å². The second-order valence-corrected chi connectivity index (χ2v) is 7.43. The Morgan fingerprint density at radius 1 is 1.53 bits per heavy atom. The number of hydrogen-bond donors (Lipinski definition) is 2. The highest BCUT2D eigenvalue weighted by Crippen LogP contribution is 2.25. The van der Waals surface area contributed by atoms with Gasteiger partial charge in [0.25, 0.3) is 0 Å². The van der Waals surface area contributed by atoms with E-state index in [4.69, 9.17) is 17.3 Å². The van der Waals surface area contributed by atoms with Gasteiger partial charge in [-0.15, -0.1) is 0 Å². The molecule has 1 aromatic rings. The first kappa shape index (κ1) is 16.6. The molecule has 8 heteroatoms. The van der Waals surface area contributed by atoms with Crippen LogP contribution in [0.2, 0.25) is 5.02 Å². The van der Waals surface area contributed by atoms with Crippen molar-refractivity contribution in [3.05, 3.63) is 23.0 Å². The molecule has 108 valence electrons. The summed E-state index contributed by atoms with van der Waals surface area (Å²) in [6, 6.07) is 1.91. The Labute approximate surface area is 121 Å². The lowest BCUT2D eigenvalue weighted by Crippen LogP contribution is -2.34. The van der Waals surface area contributed by atoms with Crippen LogP contribution in [0.5, 0.6) is 0 Å². The van der Waals surface area contributed by atoms with Crippen molar-refractivity contribution in [3.8, 4) is 0 Å². The number of anilines is 1. The van der Waals surface area contributed by atoms with E-state index in [9.17, 15) is 12.8 Å². The Hall–Kier alpha value is -0.500. The van der Waals surface area contributed by atoms with E-state index < -0.39 is 20.7 Å². The van der Waals surface area contributed by atoms with Crippen molar-refractivity contribution in [2.45, 2.75) is 24.8 Å². The second kappa shape index (κ2) is 6.78. The number of nitrogen functional groups attached to an aromatic ring is 1. The quantitative estimate of drug-likeness (QED) is 0.788. The smallest absolute Gasteiger partial charge is 0.243 e. The van der Waals surface area contributed by atoms with Crippen LogP contribution in [-0.4, -0.2) is 26.0 Å². The van der Waals surface area contributed by atoms with Crippen LogP contribution in [0.25, 0.3) is 0 Å². The van der Waals surface area contributed by atoms with Crippen molar-refractivity contribution in [1.82, 2.24) is 4.72 Å². The van der Waals surface area contributed by atoms with E-state index in [0.717, 1.165) is 11.8 Å². The molecule has 0 amide bonds. The molecule has 0 radical (unpaired) electrons. The average Bonchev–Trinajstić information content (AvgIpc) is 2.30. The summed E-state index contributed by atoms with van der Waals surface area (Å²) in [6.07, 6.45) is 0. The third-order valence-electron chi connectivity index (χ3n) is 2.25. The molecule has 1 rings (SSSR count). The number of rotatable bonds is 6. The van der Waals surface area contributed by atoms with Gasteiger partial charge in [0.05, 0.1) is 5.69 Å². The maximum Gasteiger partial charge on any atom is 0.243 e. The molecule has 4 nitrogen and oxygen atoms in total. The molecular weight excluding hydrogens is 311 g/mol. The molecular formula is C11H16ClFN2O2S2. The Morgan fingerprint density at radius 3 is 2.74 bits per heavy atom. The number of halogens is 2. The van der Waals surface area contributed by atoms with Crippen LogP contribution >= 0.6 is 23.4 Å². The normalized spacial score (nSPS) is 13.5. The lowest BCUT2D eigenvalue weighted by Gasteiger charge is -2.14. The van der Waals surface area contributed by atoms with Gasteiger partial charge in [0.15, 0.2) is 5.82 Å². The predicted molar refractivity (Wildman–Crippen MR) is 78.6 cm³/mol. The summed E-state index contributed by atoms with van der Waals surface area (Å²) in [5, 5.41) is 0.0786. The summed E-state index contributed by atoms with van der Waals surface area (Å²) in [7, 11) is -3.97. The van der Waals surface area contributed by atoms with Crippen LogP contribution in [0, 0.1) is 5.82 Å². The van der Waals surface area contributed by atoms with Gasteiger partial charge in [-0.1, -0.05) is 18.5 Å². The van der Waals surface area contributed by atoms with Gasteiger partial charge in [-0.3, -0.25) is 0 Å². The maximum atomic E-state index is 13.8. The fraction of sp³-hybridized carbons (Fsp3) is 0.455. The van der Waals surface area contributed by atoms with Crippen molar-refractivity contribution >= 4 is 39.1 Å². The van der Waals surface area contributed by atoms with Crippen LogP contribution in [0.1, 0.15) is 13.8 Å². The number of nitrogens with two attached hydrogens (primary N) is 1. The molecule has 0 heterocycles. The molecule has 1 atom stereocenters. The van der Waals surface area contributed by atoms with Gasteiger partial charge in [-0.25, -0.2) is 17.5 Å². The fourth-order valence-corrected chi connectivity index (χ4v) is 3.88. The average molecular weight is 327 g/mol. The van der Waals surface area contributed by atoms with Gasteiger partial charge in [-0.05, 0) is 24.8 Å². The van der Waals surface area contributed by atoms with Gasteiger partial charge >= 0.3 is 0 Å². The molecule has 0 saturated heterocycles. The maximum absolute atomic E-state index is 13.8. The minimum Gasteiger partial charge on any atom is -0.396 e. The standard InChI is InChI=1S/C11H16ClFN2O2S2/c1-3-18-6-7(2)15-19(16,17)10-5-8(12)4-9(14)11(10)13/h4-5,7,15H,3,6,14H2,1-2H3. The van der Waals surface area contributed by atoms with Gasteiger partial charge in [0.1, 0.15) is 4.90 Å². The summed E-state index contributed by atoms with van der Waals surface area (Å²) in [5.74, 6) is 0.505. The molecule has 0 spiro atoms. The van der Waals surface area contributed by atoms with Crippen molar-refractivity contribution in [3.63, 3.8) is 0 Å². The van der Waals surface area contributed by atoms with E-state index in [1.807, 2.05) is 6.92 Å². The van der Waals surface area contributed by atoms with E-state index in [1.165, 1.54) is 6.07 Å². The minimum atomic E-state index is -3.97. The third-order valence-corrected chi connectivity index (χ3v) is 5.20. The first-order valence-corrected chi connectivity index (χ1v) is 8.64. The molecule has 1 aromatic carbocycles. The zero-order valence-electron chi connectivity index (χ0n) is 10.6. The first-order chi connectivity index (χ1) is 8.77. The molecule has 0 aromatic heterocycles. The van der Waals surface area contributed by atoms with E-state index in [0.29, 0.717) is 5.75 Å². The number of sulfonamides is 1. The molecule has 3 N–H and O–H groups in total. The molecule has 0 saturated carbocycles. The molecule has 1 unspecified atom stereocenters. The molecule has 0 fully saturated rings. The summed E-state index contributed by atoms with van der Waals surface area (Å²) in [4.78, 5) is -0.522. The molecule has 19 heavy (non-hydrogen) atoms. The predicted octanol–water partition coefficient (Wildman–Crippen LogP) is 2.48. The Bertz CT molecular complexity index is 552. The molecule has 0 aliphatic carbocycles. The zero-order valence-corrected chi connectivity index (χ0v) is 13.0. The topological polar surface area (TPSA) is 72.2 Å². The highest BCUT2D eigenvalue weighted by Gasteiger charge is 2.23. The fourth-order valence-electron chi connectivity index (χ4n) is 1.44. The Morgan fingerprint density at radius 2 is 2.16 bits per heavy atom. The summed E-state index contributed by atoms with van der Waals surface area (Å²) >= 11 is 7.30. The van der Waals surface area contributed by atoms with Crippen molar-refractivity contribution in [2.75, 3.05) is 17.2 Å². The molecule has 0 aliphatic rings. The highest BCUT2D eigenvalue weighted by atomic mass is 35.5. The van der Waals surface area contributed by atoms with Crippen molar-refractivity contribution in [1.29, 1.82) is 0 Å². The van der Waals surface area contributed by atoms with Crippen molar-refractivity contribution < 1.29 is 12.8 Å². The van der Waals surface area contributed by atoms with E-state index in [1.54, 1.807) is 18.7 Å².